The van der Waals surface area contributed by atoms with Crippen LogP contribution in [0.3, 0.4) is 0 Å². The van der Waals surface area contributed by atoms with Gasteiger partial charge in [-0.1, -0.05) is 6.92 Å². The summed E-state index contributed by atoms with van der Waals surface area (Å²) in [5.74, 6) is 0.149. The van der Waals surface area contributed by atoms with Crippen LogP contribution in [-0.4, -0.2) is 50.1 Å². The van der Waals surface area contributed by atoms with Crippen LogP contribution in [0, 0.1) is 0 Å². The van der Waals surface area contributed by atoms with Gasteiger partial charge in [-0.05, 0) is 26.4 Å². The molecule has 0 saturated heterocycles. The summed E-state index contributed by atoms with van der Waals surface area (Å²) in [6.07, 6.45) is 3.25. The van der Waals surface area contributed by atoms with Crippen molar-refractivity contribution in [1.82, 2.24) is 15.5 Å². The van der Waals surface area contributed by atoms with Crippen molar-refractivity contribution in [2.45, 2.75) is 32.2 Å². The number of rotatable bonds is 8. The minimum Gasteiger partial charge on any atom is -0.355 e. The lowest BCUT2D eigenvalue weighted by molar-refractivity contribution is -0.121. The number of halogens is 2. The minimum atomic E-state index is 0. The number of hydrogen-bond acceptors (Lipinski definition) is 3. The molecule has 0 spiro atoms. The van der Waals surface area contributed by atoms with Gasteiger partial charge in [0.1, 0.15) is 0 Å². The Morgan fingerprint density at radius 3 is 2.41 bits per heavy atom. The SMILES string of the molecule is CCN(CCNC(=O)CCNC)C1CC1.Cl.Cl. The van der Waals surface area contributed by atoms with E-state index in [1.54, 1.807) is 0 Å². The van der Waals surface area contributed by atoms with Crippen LogP contribution in [0.4, 0.5) is 0 Å². The first-order valence-electron chi connectivity index (χ1n) is 5.93. The maximum atomic E-state index is 11.3. The van der Waals surface area contributed by atoms with Crippen LogP contribution < -0.4 is 10.6 Å². The molecule has 1 aliphatic rings. The highest BCUT2D eigenvalue weighted by Crippen LogP contribution is 2.25. The smallest absolute Gasteiger partial charge is 0.221 e. The zero-order chi connectivity index (χ0) is 11.1. The van der Waals surface area contributed by atoms with Gasteiger partial charge in [0.25, 0.3) is 0 Å². The van der Waals surface area contributed by atoms with Crippen molar-refractivity contribution in [3.05, 3.63) is 0 Å². The van der Waals surface area contributed by atoms with Crippen molar-refractivity contribution >= 4 is 30.7 Å². The predicted octanol–water partition coefficient (Wildman–Crippen LogP) is 1.04. The molecule has 104 valence electrons. The molecule has 1 aliphatic carbocycles. The van der Waals surface area contributed by atoms with Crippen LogP contribution in [0.5, 0.6) is 0 Å². The lowest BCUT2D eigenvalue weighted by Gasteiger charge is -2.19. The molecular formula is C11H25Cl2N3O. The van der Waals surface area contributed by atoms with Gasteiger partial charge in [-0.25, -0.2) is 0 Å². The van der Waals surface area contributed by atoms with Crippen LogP contribution in [0.1, 0.15) is 26.2 Å². The van der Waals surface area contributed by atoms with Crippen LogP contribution in [-0.2, 0) is 4.79 Å². The van der Waals surface area contributed by atoms with Gasteiger partial charge < -0.3 is 10.6 Å². The molecule has 0 aromatic heterocycles. The van der Waals surface area contributed by atoms with E-state index in [4.69, 9.17) is 0 Å². The van der Waals surface area contributed by atoms with Gasteiger partial charge >= 0.3 is 0 Å². The van der Waals surface area contributed by atoms with Crippen molar-refractivity contribution < 1.29 is 4.79 Å². The Balaban J connectivity index is 0. The Morgan fingerprint density at radius 2 is 1.94 bits per heavy atom. The number of nitrogens with one attached hydrogen (secondary N) is 2. The molecule has 2 N–H and O–H groups in total. The molecule has 0 atom stereocenters. The van der Waals surface area contributed by atoms with Gasteiger partial charge in [-0.15, -0.1) is 24.8 Å². The fourth-order valence-corrected chi connectivity index (χ4v) is 1.70. The Hall–Kier alpha value is -0.0300. The predicted molar refractivity (Wildman–Crippen MR) is 76.3 cm³/mol. The second-order valence-corrected chi connectivity index (χ2v) is 4.06. The molecule has 6 heteroatoms. The summed E-state index contributed by atoms with van der Waals surface area (Å²) in [7, 11) is 1.86. The molecule has 17 heavy (non-hydrogen) atoms. The highest BCUT2D eigenvalue weighted by molar-refractivity contribution is 5.85. The topological polar surface area (TPSA) is 44.4 Å². The number of carbonyl (C=O) groups is 1. The van der Waals surface area contributed by atoms with E-state index in [9.17, 15) is 4.79 Å². The van der Waals surface area contributed by atoms with Crippen molar-refractivity contribution in [2.75, 3.05) is 33.2 Å². The Kier molecular flexibility index (Phi) is 12.6. The number of carbonyl (C=O) groups excluding carboxylic acids is 1. The summed E-state index contributed by atoms with van der Waals surface area (Å²) in [5, 5.41) is 5.91. The van der Waals surface area contributed by atoms with E-state index in [2.05, 4.69) is 22.5 Å². The first-order valence-corrected chi connectivity index (χ1v) is 5.93. The van der Waals surface area contributed by atoms with Crippen molar-refractivity contribution in [3.63, 3.8) is 0 Å². The number of likely N-dealkylation sites (N-methyl/N-ethyl adjacent to an activating group) is 1. The summed E-state index contributed by atoms with van der Waals surface area (Å²) in [5.41, 5.74) is 0. The fraction of sp³-hybridized carbons (Fsp3) is 0.909. The van der Waals surface area contributed by atoms with Crippen molar-refractivity contribution in [1.29, 1.82) is 0 Å². The fourth-order valence-electron chi connectivity index (χ4n) is 1.70. The lowest BCUT2D eigenvalue weighted by Crippen LogP contribution is -2.36. The molecule has 1 fully saturated rings. The first kappa shape index (κ1) is 19.3. The molecule has 0 aliphatic heterocycles. The number of amides is 1. The average molecular weight is 286 g/mol. The summed E-state index contributed by atoms with van der Waals surface area (Å²) < 4.78 is 0. The molecule has 0 radical (unpaired) electrons. The van der Waals surface area contributed by atoms with E-state index in [1.807, 2.05) is 7.05 Å². The van der Waals surface area contributed by atoms with Crippen LogP contribution in [0.25, 0.3) is 0 Å². The number of hydrogen-bond donors (Lipinski definition) is 2. The molecule has 1 saturated carbocycles. The van der Waals surface area contributed by atoms with Gasteiger partial charge in [0.05, 0.1) is 0 Å². The van der Waals surface area contributed by atoms with E-state index in [0.29, 0.717) is 6.42 Å². The zero-order valence-corrected chi connectivity index (χ0v) is 12.3. The molecule has 0 unspecified atom stereocenters. The standard InChI is InChI=1S/C11H23N3O.2ClH/c1-3-14(10-4-5-10)9-8-13-11(15)6-7-12-2;;/h10,12H,3-9H2,1-2H3,(H,13,15);2*1H. The molecular weight excluding hydrogens is 261 g/mol. The third-order valence-electron chi connectivity index (χ3n) is 2.79. The summed E-state index contributed by atoms with van der Waals surface area (Å²) in [6.45, 7) is 5.81. The number of nitrogens with zero attached hydrogens (tertiary/aromatic N) is 1. The molecule has 4 nitrogen and oxygen atoms in total. The van der Waals surface area contributed by atoms with E-state index in [1.165, 1.54) is 12.8 Å². The minimum absolute atomic E-state index is 0. The summed E-state index contributed by atoms with van der Waals surface area (Å²) >= 11 is 0. The van der Waals surface area contributed by atoms with Crippen molar-refractivity contribution in [3.8, 4) is 0 Å². The molecule has 0 aromatic rings. The van der Waals surface area contributed by atoms with Gasteiger partial charge in [0, 0.05) is 32.1 Å². The maximum Gasteiger partial charge on any atom is 0.221 e. The van der Waals surface area contributed by atoms with E-state index < -0.39 is 0 Å². The van der Waals surface area contributed by atoms with Gasteiger partial charge in [0.15, 0.2) is 0 Å². The second kappa shape index (κ2) is 11.1. The Labute approximate surface area is 117 Å². The third-order valence-corrected chi connectivity index (χ3v) is 2.79. The van der Waals surface area contributed by atoms with E-state index in [-0.39, 0.29) is 30.7 Å². The quantitative estimate of drug-likeness (QED) is 0.701. The molecule has 0 bridgehead atoms. The first-order chi connectivity index (χ1) is 7.27. The zero-order valence-electron chi connectivity index (χ0n) is 10.7. The monoisotopic (exact) mass is 285 g/mol. The average Bonchev–Trinajstić information content (AvgIpc) is 3.05. The highest BCUT2D eigenvalue weighted by Gasteiger charge is 2.27. The van der Waals surface area contributed by atoms with Gasteiger partial charge in [-0.3, -0.25) is 9.69 Å². The Morgan fingerprint density at radius 1 is 1.29 bits per heavy atom. The maximum absolute atomic E-state index is 11.3. The Bertz CT molecular complexity index is 201. The second-order valence-electron chi connectivity index (χ2n) is 4.06. The summed E-state index contributed by atoms with van der Waals surface area (Å²) in [6, 6.07) is 0.796. The van der Waals surface area contributed by atoms with Crippen LogP contribution >= 0.6 is 24.8 Å². The lowest BCUT2D eigenvalue weighted by atomic mass is 10.4. The van der Waals surface area contributed by atoms with E-state index >= 15 is 0 Å². The largest absolute Gasteiger partial charge is 0.355 e. The van der Waals surface area contributed by atoms with Crippen LogP contribution in [0.2, 0.25) is 0 Å². The summed E-state index contributed by atoms with van der Waals surface area (Å²) in [4.78, 5) is 13.7. The highest BCUT2D eigenvalue weighted by atomic mass is 35.5. The molecule has 0 aromatic carbocycles. The molecule has 1 rings (SSSR count). The van der Waals surface area contributed by atoms with E-state index in [0.717, 1.165) is 32.2 Å². The normalized spacial score (nSPS) is 13.8. The van der Waals surface area contributed by atoms with Gasteiger partial charge in [0.2, 0.25) is 5.91 Å². The van der Waals surface area contributed by atoms with Crippen molar-refractivity contribution in [2.24, 2.45) is 0 Å². The molecule has 0 heterocycles. The third kappa shape index (κ3) is 8.66. The molecule has 1 amide bonds. The van der Waals surface area contributed by atoms with Gasteiger partial charge in [-0.2, -0.15) is 0 Å². The van der Waals surface area contributed by atoms with Crippen LogP contribution in [0.15, 0.2) is 0 Å².